The summed E-state index contributed by atoms with van der Waals surface area (Å²) in [6.07, 6.45) is 1.35. The SMILES string of the molecule is CCCCOC(=O)C[C@@H](O)CBr. The standard InChI is InChI=1S/C8H15BrO3/c1-2-3-4-12-8(11)5-7(10)6-9/h7,10H,2-6H2,1H3/t7-/m1/s1. The second kappa shape index (κ2) is 7.55. The lowest BCUT2D eigenvalue weighted by atomic mass is 10.3. The monoisotopic (exact) mass is 238 g/mol. The van der Waals surface area contributed by atoms with E-state index in [9.17, 15) is 4.79 Å². The van der Waals surface area contributed by atoms with Crippen LogP contribution in [0.2, 0.25) is 0 Å². The van der Waals surface area contributed by atoms with Crippen molar-refractivity contribution in [2.75, 3.05) is 11.9 Å². The summed E-state index contributed by atoms with van der Waals surface area (Å²) in [7, 11) is 0. The van der Waals surface area contributed by atoms with E-state index in [0.717, 1.165) is 12.8 Å². The minimum absolute atomic E-state index is 0.0783. The van der Waals surface area contributed by atoms with Crippen LogP contribution in [0.5, 0.6) is 0 Å². The van der Waals surface area contributed by atoms with Gasteiger partial charge in [0.05, 0.1) is 19.1 Å². The Hall–Kier alpha value is -0.0900. The van der Waals surface area contributed by atoms with Gasteiger partial charge in [-0.25, -0.2) is 0 Å². The number of carbonyl (C=O) groups is 1. The molecule has 12 heavy (non-hydrogen) atoms. The third-order valence-corrected chi connectivity index (χ3v) is 2.09. The van der Waals surface area contributed by atoms with Crippen molar-refractivity contribution < 1.29 is 14.6 Å². The van der Waals surface area contributed by atoms with Crippen LogP contribution in [0.25, 0.3) is 0 Å². The van der Waals surface area contributed by atoms with E-state index in [4.69, 9.17) is 9.84 Å². The molecule has 0 aliphatic heterocycles. The molecule has 0 unspecified atom stereocenters. The molecule has 0 aromatic carbocycles. The number of aliphatic hydroxyl groups is 1. The molecule has 0 aliphatic carbocycles. The van der Waals surface area contributed by atoms with Gasteiger partial charge in [0.15, 0.2) is 0 Å². The number of rotatable bonds is 6. The molecule has 0 aromatic rings. The van der Waals surface area contributed by atoms with Crippen LogP contribution >= 0.6 is 15.9 Å². The summed E-state index contributed by atoms with van der Waals surface area (Å²) in [5.41, 5.74) is 0. The number of alkyl halides is 1. The number of aliphatic hydroxyl groups excluding tert-OH is 1. The highest BCUT2D eigenvalue weighted by molar-refractivity contribution is 9.09. The second-order valence-electron chi connectivity index (χ2n) is 2.59. The van der Waals surface area contributed by atoms with Crippen LogP contribution in [0.15, 0.2) is 0 Å². The van der Waals surface area contributed by atoms with E-state index in [1.165, 1.54) is 0 Å². The van der Waals surface area contributed by atoms with Gasteiger partial charge in [-0.1, -0.05) is 29.3 Å². The van der Waals surface area contributed by atoms with Crippen LogP contribution in [0.4, 0.5) is 0 Å². The Morgan fingerprint density at radius 3 is 2.83 bits per heavy atom. The normalized spacial score (nSPS) is 12.6. The highest BCUT2D eigenvalue weighted by atomic mass is 79.9. The lowest BCUT2D eigenvalue weighted by Crippen LogP contribution is -2.17. The summed E-state index contributed by atoms with van der Waals surface area (Å²) in [4.78, 5) is 10.9. The van der Waals surface area contributed by atoms with Crippen molar-refractivity contribution in [3.63, 3.8) is 0 Å². The Morgan fingerprint density at radius 2 is 2.33 bits per heavy atom. The molecule has 1 atom stereocenters. The summed E-state index contributed by atoms with van der Waals surface area (Å²) in [5.74, 6) is -0.324. The van der Waals surface area contributed by atoms with Gasteiger partial charge < -0.3 is 9.84 Å². The molecule has 0 bridgehead atoms. The Kier molecular flexibility index (Phi) is 7.50. The smallest absolute Gasteiger partial charge is 0.308 e. The molecular formula is C8H15BrO3. The van der Waals surface area contributed by atoms with Crippen LogP contribution in [0.3, 0.4) is 0 Å². The number of hydrogen-bond acceptors (Lipinski definition) is 3. The van der Waals surface area contributed by atoms with E-state index in [-0.39, 0.29) is 12.4 Å². The molecule has 0 heterocycles. The van der Waals surface area contributed by atoms with Gasteiger partial charge in [0.2, 0.25) is 0 Å². The topological polar surface area (TPSA) is 46.5 Å². The lowest BCUT2D eigenvalue weighted by molar-refractivity contribution is -0.145. The van der Waals surface area contributed by atoms with E-state index in [0.29, 0.717) is 11.9 Å². The number of esters is 1. The Morgan fingerprint density at radius 1 is 1.67 bits per heavy atom. The summed E-state index contributed by atoms with van der Waals surface area (Å²) < 4.78 is 4.84. The van der Waals surface area contributed by atoms with Gasteiger partial charge in [-0.2, -0.15) is 0 Å². The van der Waals surface area contributed by atoms with E-state index in [1.54, 1.807) is 0 Å². The van der Waals surface area contributed by atoms with Crippen LogP contribution in [0, 0.1) is 0 Å². The molecule has 0 amide bonds. The number of carbonyl (C=O) groups excluding carboxylic acids is 1. The summed E-state index contributed by atoms with van der Waals surface area (Å²) in [6.45, 7) is 2.49. The van der Waals surface area contributed by atoms with Crippen molar-refractivity contribution in [2.24, 2.45) is 0 Å². The Bertz CT molecular complexity index is 127. The molecule has 0 saturated heterocycles. The maximum Gasteiger partial charge on any atom is 0.308 e. The quantitative estimate of drug-likeness (QED) is 0.433. The van der Waals surface area contributed by atoms with E-state index in [1.807, 2.05) is 6.92 Å². The minimum atomic E-state index is -0.626. The maximum absolute atomic E-state index is 10.9. The molecule has 0 aromatic heterocycles. The van der Waals surface area contributed by atoms with Crippen molar-refractivity contribution in [1.82, 2.24) is 0 Å². The van der Waals surface area contributed by atoms with Gasteiger partial charge >= 0.3 is 5.97 Å². The highest BCUT2D eigenvalue weighted by Gasteiger charge is 2.09. The maximum atomic E-state index is 10.9. The van der Waals surface area contributed by atoms with Gasteiger partial charge in [-0.05, 0) is 6.42 Å². The predicted molar refractivity (Wildman–Crippen MR) is 50.3 cm³/mol. The third kappa shape index (κ3) is 6.61. The van der Waals surface area contributed by atoms with Gasteiger partial charge in [0, 0.05) is 5.33 Å². The fraction of sp³-hybridized carbons (Fsp3) is 0.875. The highest BCUT2D eigenvalue weighted by Crippen LogP contribution is 1.99. The van der Waals surface area contributed by atoms with Gasteiger partial charge in [0.25, 0.3) is 0 Å². The van der Waals surface area contributed by atoms with E-state index < -0.39 is 6.10 Å². The molecule has 0 fully saturated rings. The summed E-state index contributed by atoms with van der Waals surface area (Å²) in [5, 5.41) is 9.45. The zero-order valence-electron chi connectivity index (χ0n) is 7.25. The molecule has 0 rings (SSSR count). The van der Waals surface area contributed by atoms with Crippen LogP contribution in [0.1, 0.15) is 26.2 Å². The Labute approximate surface area is 81.2 Å². The van der Waals surface area contributed by atoms with Gasteiger partial charge in [0.1, 0.15) is 0 Å². The van der Waals surface area contributed by atoms with Crippen LogP contribution in [-0.2, 0) is 9.53 Å². The molecule has 3 nitrogen and oxygen atoms in total. The van der Waals surface area contributed by atoms with Crippen molar-refractivity contribution in [3.8, 4) is 0 Å². The fourth-order valence-electron chi connectivity index (χ4n) is 0.636. The van der Waals surface area contributed by atoms with Crippen molar-refractivity contribution in [1.29, 1.82) is 0 Å². The number of halogens is 1. The zero-order chi connectivity index (χ0) is 9.40. The molecule has 0 spiro atoms. The molecule has 1 N–H and O–H groups in total. The first-order valence-corrected chi connectivity index (χ1v) is 5.22. The molecule has 0 saturated carbocycles. The first kappa shape index (κ1) is 11.9. The lowest BCUT2D eigenvalue weighted by Gasteiger charge is -2.06. The third-order valence-electron chi connectivity index (χ3n) is 1.34. The molecule has 0 radical (unpaired) electrons. The van der Waals surface area contributed by atoms with Crippen LogP contribution in [-0.4, -0.2) is 29.1 Å². The Balaban J connectivity index is 3.33. The predicted octanol–water partition coefficient (Wildman–Crippen LogP) is 1.48. The average Bonchev–Trinajstić information content (AvgIpc) is 2.05. The zero-order valence-corrected chi connectivity index (χ0v) is 8.84. The first-order valence-electron chi connectivity index (χ1n) is 4.10. The first-order chi connectivity index (χ1) is 5.70. The summed E-state index contributed by atoms with van der Waals surface area (Å²) in [6, 6.07) is 0. The average molecular weight is 239 g/mol. The minimum Gasteiger partial charge on any atom is -0.466 e. The van der Waals surface area contributed by atoms with Crippen molar-refractivity contribution in [3.05, 3.63) is 0 Å². The van der Waals surface area contributed by atoms with Gasteiger partial charge in [-0.3, -0.25) is 4.79 Å². The molecular weight excluding hydrogens is 224 g/mol. The molecule has 0 aliphatic rings. The number of ether oxygens (including phenoxy) is 1. The second-order valence-corrected chi connectivity index (χ2v) is 3.23. The summed E-state index contributed by atoms with van der Waals surface area (Å²) >= 11 is 3.07. The fourth-order valence-corrected chi connectivity index (χ4v) is 0.865. The number of unbranched alkanes of at least 4 members (excludes halogenated alkanes) is 1. The van der Waals surface area contributed by atoms with E-state index >= 15 is 0 Å². The van der Waals surface area contributed by atoms with Crippen molar-refractivity contribution in [2.45, 2.75) is 32.3 Å². The molecule has 72 valence electrons. The number of hydrogen-bond donors (Lipinski definition) is 1. The largest absolute Gasteiger partial charge is 0.466 e. The van der Waals surface area contributed by atoms with E-state index in [2.05, 4.69) is 15.9 Å². The molecule has 4 heteroatoms. The van der Waals surface area contributed by atoms with Crippen LogP contribution < -0.4 is 0 Å². The van der Waals surface area contributed by atoms with Gasteiger partial charge in [-0.15, -0.1) is 0 Å². The van der Waals surface area contributed by atoms with Crippen molar-refractivity contribution >= 4 is 21.9 Å².